The largest absolute Gasteiger partial charge is 0.496 e. The Labute approximate surface area is 215 Å². The number of benzene rings is 3. The summed E-state index contributed by atoms with van der Waals surface area (Å²) < 4.78 is 43.3. The van der Waals surface area contributed by atoms with Gasteiger partial charge in [0.1, 0.15) is 29.7 Å². The minimum absolute atomic E-state index is 0.193. The number of rotatable bonds is 8. The van der Waals surface area contributed by atoms with Gasteiger partial charge < -0.3 is 19.0 Å². The lowest BCUT2D eigenvalue weighted by atomic mass is 9.85. The summed E-state index contributed by atoms with van der Waals surface area (Å²) in [6.45, 7) is 10.3. The zero-order valence-electron chi connectivity index (χ0n) is 21.5. The Morgan fingerprint density at radius 3 is 2.47 bits per heavy atom. The van der Waals surface area contributed by atoms with Crippen molar-refractivity contribution < 1.29 is 22.3 Å². The molecule has 0 fully saturated rings. The van der Waals surface area contributed by atoms with Crippen LogP contribution >= 0.6 is 0 Å². The normalized spacial score (nSPS) is 14.8. The molecule has 0 saturated carbocycles. The van der Waals surface area contributed by atoms with Crippen LogP contribution in [0.15, 0.2) is 54.6 Å². The zero-order valence-corrected chi connectivity index (χ0v) is 22.3. The van der Waals surface area contributed by atoms with Gasteiger partial charge in [0.15, 0.2) is 0 Å². The summed E-state index contributed by atoms with van der Waals surface area (Å²) in [6, 6.07) is 14.1. The number of allylic oxidation sites excluding steroid dienone is 1. The van der Waals surface area contributed by atoms with Crippen molar-refractivity contribution in [1.82, 2.24) is 0 Å². The van der Waals surface area contributed by atoms with Gasteiger partial charge in [-0.3, -0.25) is 0 Å². The Morgan fingerprint density at radius 1 is 1.00 bits per heavy atom. The smallest absolute Gasteiger partial charge is 0.206 e. The molecule has 4 rings (SSSR count). The molecule has 1 aliphatic heterocycles. The van der Waals surface area contributed by atoms with E-state index in [0.29, 0.717) is 23.0 Å². The van der Waals surface area contributed by atoms with Gasteiger partial charge in [0.25, 0.3) is 0 Å². The topological polar surface area (TPSA) is 56.8 Å². The fourth-order valence-corrected chi connectivity index (χ4v) is 5.03. The number of halogens is 1. The first-order valence-corrected chi connectivity index (χ1v) is 13.1. The predicted molar refractivity (Wildman–Crippen MR) is 145 cm³/mol. The minimum Gasteiger partial charge on any atom is -0.496 e. The molecule has 1 atom stereocenters. The van der Waals surface area contributed by atoms with E-state index in [1.807, 2.05) is 19.1 Å². The fraction of sp³-hybridized carbons (Fsp3) is 0.310. The number of ether oxygens (including phenoxy) is 2. The Kier molecular flexibility index (Phi) is 7.41. The lowest BCUT2D eigenvalue weighted by Gasteiger charge is -2.33. The molecule has 0 radical (unpaired) electrons. The van der Waals surface area contributed by atoms with Crippen molar-refractivity contribution in [3.63, 3.8) is 0 Å². The van der Waals surface area contributed by atoms with Crippen molar-refractivity contribution in [2.24, 2.45) is 0 Å². The number of fused-ring (bicyclic) bond motifs is 1. The third-order valence-corrected chi connectivity index (χ3v) is 7.00. The number of hydrogen-bond donors (Lipinski definition) is 1. The molecule has 0 amide bonds. The van der Waals surface area contributed by atoms with E-state index in [0.717, 1.165) is 39.1 Å². The lowest BCUT2D eigenvalue weighted by Crippen LogP contribution is -2.32. The van der Waals surface area contributed by atoms with Crippen molar-refractivity contribution in [2.75, 3.05) is 18.2 Å². The van der Waals surface area contributed by atoms with Crippen LogP contribution in [0.3, 0.4) is 0 Å². The quantitative estimate of drug-likeness (QED) is 0.352. The van der Waals surface area contributed by atoms with Crippen LogP contribution in [-0.4, -0.2) is 22.6 Å². The van der Waals surface area contributed by atoms with Crippen LogP contribution in [0.2, 0.25) is 0 Å². The van der Waals surface area contributed by atoms with Gasteiger partial charge in [-0.25, -0.2) is 8.60 Å². The third-order valence-electron chi connectivity index (χ3n) is 6.15. The maximum atomic E-state index is 13.9. The molecule has 5 nitrogen and oxygen atoms in total. The van der Waals surface area contributed by atoms with Crippen LogP contribution < -0.4 is 19.0 Å². The number of nitrogens with one attached hydrogen (secondary N) is 1. The van der Waals surface area contributed by atoms with Gasteiger partial charge in [0.2, 0.25) is 11.1 Å². The highest BCUT2D eigenvalue weighted by Crippen LogP contribution is 2.43. The molecule has 1 N–H and O–H groups in total. The average Bonchev–Trinajstić information content (AvgIpc) is 2.83. The van der Waals surface area contributed by atoms with E-state index in [1.165, 1.54) is 12.1 Å². The Morgan fingerprint density at radius 2 is 1.75 bits per heavy atom. The van der Waals surface area contributed by atoms with Gasteiger partial charge >= 0.3 is 0 Å². The maximum Gasteiger partial charge on any atom is 0.206 e. The second-order valence-corrected chi connectivity index (χ2v) is 10.8. The Balaban J connectivity index is 1.84. The first kappa shape index (κ1) is 25.8. The fourth-order valence-electron chi connectivity index (χ4n) is 4.59. The van der Waals surface area contributed by atoms with Gasteiger partial charge in [0.05, 0.1) is 18.4 Å². The molecule has 36 heavy (non-hydrogen) atoms. The maximum absolute atomic E-state index is 13.9. The van der Waals surface area contributed by atoms with E-state index in [1.54, 1.807) is 32.2 Å². The summed E-state index contributed by atoms with van der Waals surface area (Å²) in [5.41, 5.74) is 6.59. The summed E-state index contributed by atoms with van der Waals surface area (Å²) in [4.78, 5) is 0. The molecule has 0 aromatic heterocycles. The molecule has 3 aromatic carbocycles. The third kappa shape index (κ3) is 5.41. The predicted octanol–water partition coefficient (Wildman–Crippen LogP) is 7.06. The van der Waals surface area contributed by atoms with Crippen LogP contribution in [-0.2, 0) is 17.7 Å². The molecular weight excluding hydrogens is 477 g/mol. The second kappa shape index (κ2) is 10.3. The molecule has 0 saturated heterocycles. The average molecular weight is 510 g/mol. The van der Waals surface area contributed by atoms with Gasteiger partial charge in [-0.2, -0.15) is 0 Å². The molecule has 190 valence electrons. The van der Waals surface area contributed by atoms with Crippen molar-refractivity contribution in [3.05, 3.63) is 77.1 Å². The first-order valence-electron chi connectivity index (χ1n) is 11.9. The van der Waals surface area contributed by atoms with E-state index in [-0.39, 0.29) is 18.0 Å². The molecular formula is C29H32FNO4S. The standard InChI is InChI=1S/C29H32FNO4S/c1-7-36(32)35-21-10-11-23(27(15-21)33-6)22-12-13-25-28(19(3)16-29(4,5)31-25)24(22)17-34-26-14-20(30)9-8-18(26)2/h8-16,31H,7,17H2,1-6H3. The zero-order chi connectivity index (χ0) is 26.0. The van der Waals surface area contributed by atoms with Gasteiger partial charge in [0, 0.05) is 34.5 Å². The van der Waals surface area contributed by atoms with Gasteiger partial charge in [-0.1, -0.05) is 25.1 Å². The van der Waals surface area contributed by atoms with E-state index in [4.69, 9.17) is 13.7 Å². The van der Waals surface area contributed by atoms with E-state index >= 15 is 0 Å². The summed E-state index contributed by atoms with van der Waals surface area (Å²) in [6.07, 6.45) is 2.20. The van der Waals surface area contributed by atoms with Crippen molar-refractivity contribution in [1.29, 1.82) is 0 Å². The molecule has 1 unspecified atom stereocenters. The molecule has 1 aliphatic rings. The van der Waals surface area contributed by atoms with Crippen LogP contribution in [0, 0.1) is 12.7 Å². The Hall–Kier alpha value is -3.32. The van der Waals surface area contributed by atoms with Crippen molar-refractivity contribution in [3.8, 4) is 28.4 Å². The van der Waals surface area contributed by atoms with E-state index in [2.05, 4.69) is 38.2 Å². The number of aryl methyl sites for hydroxylation is 1. The lowest BCUT2D eigenvalue weighted by molar-refractivity contribution is 0.302. The van der Waals surface area contributed by atoms with Gasteiger partial charge in [-0.05, 0) is 68.7 Å². The molecule has 3 aromatic rings. The summed E-state index contributed by atoms with van der Waals surface area (Å²) >= 11 is -1.41. The summed E-state index contributed by atoms with van der Waals surface area (Å²) in [7, 11) is 1.60. The highest BCUT2D eigenvalue weighted by atomic mass is 32.2. The van der Waals surface area contributed by atoms with Gasteiger partial charge in [-0.15, -0.1) is 0 Å². The van der Waals surface area contributed by atoms with Crippen LogP contribution in [0.25, 0.3) is 16.7 Å². The SMILES string of the molecule is CCS(=O)Oc1ccc(-c2ccc3c(c2COc2cc(F)ccc2C)C(C)=CC(C)(C)N3)c(OC)c1. The van der Waals surface area contributed by atoms with E-state index in [9.17, 15) is 8.60 Å². The van der Waals surface area contributed by atoms with E-state index < -0.39 is 11.1 Å². The van der Waals surface area contributed by atoms with Crippen molar-refractivity contribution >= 4 is 22.3 Å². The number of methoxy groups -OCH3 is 1. The molecule has 0 aliphatic carbocycles. The first-order chi connectivity index (χ1) is 17.1. The molecule has 1 heterocycles. The monoisotopic (exact) mass is 509 g/mol. The summed E-state index contributed by atoms with van der Waals surface area (Å²) in [5, 5.41) is 3.59. The second-order valence-electron chi connectivity index (χ2n) is 9.42. The molecule has 7 heteroatoms. The molecule has 0 spiro atoms. The van der Waals surface area contributed by atoms with Crippen LogP contribution in [0.4, 0.5) is 10.1 Å². The number of hydrogen-bond acceptors (Lipinski definition) is 5. The highest BCUT2D eigenvalue weighted by Gasteiger charge is 2.27. The highest BCUT2D eigenvalue weighted by molar-refractivity contribution is 7.80. The van der Waals surface area contributed by atoms with Crippen LogP contribution in [0.1, 0.15) is 44.4 Å². The molecule has 0 bridgehead atoms. The summed E-state index contributed by atoms with van der Waals surface area (Å²) in [5.74, 6) is 1.62. The minimum atomic E-state index is -1.41. The number of anilines is 1. The van der Waals surface area contributed by atoms with Crippen molar-refractivity contribution in [2.45, 2.75) is 46.8 Å². The van der Waals surface area contributed by atoms with Crippen LogP contribution in [0.5, 0.6) is 17.2 Å². The Bertz CT molecular complexity index is 1350.